The molecule has 23 heavy (non-hydrogen) atoms. The molecule has 0 aliphatic carbocycles. The van der Waals surface area contributed by atoms with E-state index in [9.17, 15) is 18.0 Å². The SMILES string of the molecule is CCN(Cc1ccc(-c2ccc(C(F)(F)F)cc2)cc1)C(C)=O. The van der Waals surface area contributed by atoms with Crippen LogP contribution >= 0.6 is 0 Å². The number of halogens is 3. The number of carbonyl (C=O) groups excluding carboxylic acids is 1. The lowest BCUT2D eigenvalue weighted by molar-refractivity contribution is -0.137. The molecule has 0 saturated carbocycles. The molecule has 0 aliphatic heterocycles. The van der Waals surface area contributed by atoms with Crippen molar-refractivity contribution in [1.29, 1.82) is 0 Å². The van der Waals surface area contributed by atoms with Crippen LogP contribution in [0.3, 0.4) is 0 Å². The number of alkyl halides is 3. The van der Waals surface area contributed by atoms with E-state index in [1.807, 2.05) is 31.2 Å². The highest BCUT2D eigenvalue weighted by Crippen LogP contribution is 2.31. The third-order valence-electron chi connectivity index (χ3n) is 3.70. The standard InChI is InChI=1S/C18H18F3NO/c1-3-22(13(2)23)12-14-4-6-15(7-5-14)16-8-10-17(11-9-16)18(19,20)21/h4-11H,3,12H2,1-2H3. The molecule has 0 N–H and O–H groups in total. The molecule has 0 heterocycles. The summed E-state index contributed by atoms with van der Waals surface area (Å²) >= 11 is 0. The molecule has 0 spiro atoms. The zero-order valence-electron chi connectivity index (χ0n) is 13.0. The second-order valence-electron chi connectivity index (χ2n) is 5.31. The minimum Gasteiger partial charge on any atom is -0.339 e. The van der Waals surface area contributed by atoms with Crippen molar-refractivity contribution < 1.29 is 18.0 Å². The number of rotatable bonds is 4. The molecule has 0 aliphatic rings. The highest BCUT2D eigenvalue weighted by molar-refractivity contribution is 5.73. The summed E-state index contributed by atoms with van der Waals surface area (Å²) in [4.78, 5) is 13.1. The molecule has 0 unspecified atom stereocenters. The van der Waals surface area contributed by atoms with Gasteiger partial charge < -0.3 is 4.90 Å². The van der Waals surface area contributed by atoms with Gasteiger partial charge in [0.1, 0.15) is 0 Å². The van der Waals surface area contributed by atoms with Crippen molar-refractivity contribution in [3.8, 4) is 11.1 Å². The zero-order valence-corrected chi connectivity index (χ0v) is 13.0. The van der Waals surface area contributed by atoms with Crippen molar-refractivity contribution in [2.45, 2.75) is 26.6 Å². The first-order valence-corrected chi connectivity index (χ1v) is 7.33. The topological polar surface area (TPSA) is 20.3 Å². The smallest absolute Gasteiger partial charge is 0.339 e. The van der Waals surface area contributed by atoms with E-state index in [2.05, 4.69) is 0 Å². The van der Waals surface area contributed by atoms with Gasteiger partial charge in [-0.1, -0.05) is 36.4 Å². The number of hydrogen-bond acceptors (Lipinski definition) is 1. The van der Waals surface area contributed by atoms with Gasteiger partial charge in [0.05, 0.1) is 5.56 Å². The molecule has 0 saturated heterocycles. The summed E-state index contributed by atoms with van der Waals surface area (Å²) < 4.78 is 37.7. The minimum absolute atomic E-state index is 0.0133. The lowest BCUT2D eigenvalue weighted by Gasteiger charge is -2.19. The molecule has 0 bridgehead atoms. The minimum atomic E-state index is -4.32. The maximum Gasteiger partial charge on any atom is 0.416 e. The maximum absolute atomic E-state index is 12.6. The van der Waals surface area contributed by atoms with E-state index in [1.54, 1.807) is 4.90 Å². The second kappa shape index (κ2) is 6.86. The van der Waals surface area contributed by atoms with Crippen molar-refractivity contribution in [2.75, 3.05) is 6.54 Å². The van der Waals surface area contributed by atoms with Gasteiger partial charge in [-0.25, -0.2) is 0 Å². The van der Waals surface area contributed by atoms with Gasteiger partial charge in [0.2, 0.25) is 5.91 Å². The van der Waals surface area contributed by atoms with E-state index in [-0.39, 0.29) is 5.91 Å². The monoisotopic (exact) mass is 321 g/mol. The van der Waals surface area contributed by atoms with E-state index >= 15 is 0 Å². The Morgan fingerprint density at radius 1 is 0.957 bits per heavy atom. The van der Waals surface area contributed by atoms with Crippen LogP contribution in [-0.4, -0.2) is 17.4 Å². The second-order valence-corrected chi connectivity index (χ2v) is 5.31. The lowest BCUT2D eigenvalue weighted by atomic mass is 10.0. The van der Waals surface area contributed by atoms with Crippen molar-refractivity contribution in [3.63, 3.8) is 0 Å². The molecule has 5 heteroatoms. The Kier molecular flexibility index (Phi) is 5.08. The predicted octanol–water partition coefficient (Wildman–Crippen LogP) is 4.74. The van der Waals surface area contributed by atoms with E-state index in [0.717, 1.165) is 28.8 Å². The van der Waals surface area contributed by atoms with Crippen LogP contribution in [-0.2, 0) is 17.5 Å². The third kappa shape index (κ3) is 4.34. The largest absolute Gasteiger partial charge is 0.416 e. The summed E-state index contributed by atoms with van der Waals surface area (Å²) in [6, 6.07) is 12.6. The molecule has 2 nitrogen and oxygen atoms in total. The molecule has 2 aromatic carbocycles. The third-order valence-corrected chi connectivity index (χ3v) is 3.70. The quantitative estimate of drug-likeness (QED) is 0.796. The molecule has 0 aromatic heterocycles. The molecule has 122 valence electrons. The number of carbonyl (C=O) groups is 1. The normalized spacial score (nSPS) is 11.3. The Hall–Kier alpha value is -2.30. The van der Waals surface area contributed by atoms with Gasteiger partial charge in [0.25, 0.3) is 0 Å². The lowest BCUT2D eigenvalue weighted by Crippen LogP contribution is -2.27. The number of benzene rings is 2. The average molecular weight is 321 g/mol. The summed E-state index contributed by atoms with van der Waals surface area (Å²) in [7, 11) is 0. The van der Waals surface area contributed by atoms with Crippen LogP contribution in [0.15, 0.2) is 48.5 Å². The van der Waals surface area contributed by atoms with Crippen LogP contribution in [0.25, 0.3) is 11.1 Å². The van der Waals surface area contributed by atoms with E-state index in [0.29, 0.717) is 13.1 Å². The van der Waals surface area contributed by atoms with E-state index in [1.165, 1.54) is 19.1 Å². The Labute approximate surface area is 133 Å². The molecule has 0 radical (unpaired) electrons. The molecule has 1 amide bonds. The van der Waals surface area contributed by atoms with Gasteiger partial charge in [0.15, 0.2) is 0 Å². The average Bonchev–Trinajstić information content (AvgIpc) is 2.52. The van der Waals surface area contributed by atoms with Crippen molar-refractivity contribution in [1.82, 2.24) is 4.90 Å². The fraction of sp³-hybridized carbons (Fsp3) is 0.278. The van der Waals surface area contributed by atoms with Crippen molar-refractivity contribution in [2.24, 2.45) is 0 Å². The highest BCUT2D eigenvalue weighted by atomic mass is 19.4. The summed E-state index contributed by atoms with van der Waals surface area (Å²) in [5, 5.41) is 0. The van der Waals surface area contributed by atoms with Crippen LogP contribution in [0.1, 0.15) is 25.0 Å². The van der Waals surface area contributed by atoms with Crippen molar-refractivity contribution in [3.05, 3.63) is 59.7 Å². The number of amides is 1. The molecule has 2 aromatic rings. The maximum atomic E-state index is 12.6. The van der Waals surface area contributed by atoms with E-state index in [4.69, 9.17) is 0 Å². The predicted molar refractivity (Wildman–Crippen MR) is 83.6 cm³/mol. The summed E-state index contributed by atoms with van der Waals surface area (Å²) in [5.41, 5.74) is 1.90. The molecule has 0 atom stereocenters. The zero-order chi connectivity index (χ0) is 17.0. The van der Waals surface area contributed by atoms with Gasteiger partial charge in [-0.2, -0.15) is 13.2 Å². The van der Waals surface area contributed by atoms with Gasteiger partial charge in [-0.15, -0.1) is 0 Å². The van der Waals surface area contributed by atoms with Crippen LogP contribution in [0.4, 0.5) is 13.2 Å². The Morgan fingerprint density at radius 2 is 1.43 bits per heavy atom. The molecule has 2 rings (SSSR count). The van der Waals surface area contributed by atoms with Gasteiger partial charge in [-0.3, -0.25) is 4.79 Å². The number of hydrogen-bond donors (Lipinski definition) is 0. The first-order valence-electron chi connectivity index (χ1n) is 7.33. The fourth-order valence-corrected chi connectivity index (χ4v) is 2.32. The van der Waals surface area contributed by atoms with Gasteiger partial charge >= 0.3 is 6.18 Å². The molecule has 0 fully saturated rings. The molecular formula is C18H18F3NO. The Morgan fingerprint density at radius 3 is 1.83 bits per heavy atom. The first-order chi connectivity index (χ1) is 10.8. The van der Waals surface area contributed by atoms with Crippen LogP contribution in [0.5, 0.6) is 0 Å². The van der Waals surface area contributed by atoms with Crippen LogP contribution in [0.2, 0.25) is 0 Å². The number of nitrogens with zero attached hydrogens (tertiary/aromatic N) is 1. The van der Waals surface area contributed by atoms with Crippen LogP contribution < -0.4 is 0 Å². The summed E-state index contributed by atoms with van der Waals surface area (Å²) in [5.74, 6) is 0.0133. The Bertz CT molecular complexity index is 660. The summed E-state index contributed by atoms with van der Waals surface area (Å²) in [6.45, 7) is 4.60. The molecular weight excluding hydrogens is 303 g/mol. The van der Waals surface area contributed by atoms with Gasteiger partial charge in [0, 0.05) is 20.0 Å². The summed E-state index contributed by atoms with van der Waals surface area (Å²) in [6.07, 6.45) is -4.32. The van der Waals surface area contributed by atoms with Crippen LogP contribution in [0, 0.1) is 0 Å². The van der Waals surface area contributed by atoms with E-state index < -0.39 is 11.7 Å². The fourth-order valence-electron chi connectivity index (χ4n) is 2.32. The first kappa shape index (κ1) is 17.1. The van der Waals surface area contributed by atoms with Gasteiger partial charge in [-0.05, 0) is 35.7 Å². The highest BCUT2D eigenvalue weighted by Gasteiger charge is 2.29. The Balaban J connectivity index is 2.15. The van der Waals surface area contributed by atoms with Crippen molar-refractivity contribution >= 4 is 5.91 Å².